The van der Waals surface area contributed by atoms with E-state index >= 15 is 0 Å². The average Bonchev–Trinajstić information content (AvgIpc) is 2.79. The molecular formula is C27H38ClN3O5S. The fourth-order valence-corrected chi connectivity index (χ4v) is 5.04. The quantitative estimate of drug-likeness (QED) is 0.442. The maximum atomic E-state index is 13.4. The molecule has 204 valence electrons. The molecule has 0 fully saturated rings. The van der Waals surface area contributed by atoms with E-state index in [1.54, 1.807) is 39.2 Å². The third-order valence-electron chi connectivity index (χ3n) is 5.74. The first kappa shape index (κ1) is 30.4. The summed E-state index contributed by atoms with van der Waals surface area (Å²) in [7, 11) is -2.04. The highest BCUT2D eigenvalue weighted by Crippen LogP contribution is 2.27. The first-order chi connectivity index (χ1) is 17.1. The van der Waals surface area contributed by atoms with Crippen molar-refractivity contribution in [2.24, 2.45) is 0 Å². The van der Waals surface area contributed by atoms with Crippen molar-refractivity contribution in [1.82, 2.24) is 10.2 Å². The van der Waals surface area contributed by atoms with Gasteiger partial charge in [-0.25, -0.2) is 8.42 Å². The van der Waals surface area contributed by atoms with Gasteiger partial charge in [0.2, 0.25) is 21.8 Å². The van der Waals surface area contributed by atoms with Crippen LogP contribution in [0.1, 0.15) is 51.7 Å². The highest BCUT2D eigenvalue weighted by atomic mass is 35.5. The fraction of sp³-hybridized carbons (Fsp3) is 0.481. The van der Waals surface area contributed by atoms with Gasteiger partial charge in [0, 0.05) is 30.1 Å². The monoisotopic (exact) mass is 551 g/mol. The van der Waals surface area contributed by atoms with Crippen molar-refractivity contribution in [3.63, 3.8) is 0 Å². The summed E-state index contributed by atoms with van der Waals surface area (Å²) in [5, 5.41) is 3.36. The van der Waals surface area contributed by atoms with E-state index in [-0.39, 0.29) is 37.7 Å². The smallest absolute Gasteiger partial charge is 0.242 e. The van der Waals surface area contributed by atoms with Crippen LogP contribution in [0.25, 0.3) is 0 Å². The van der Waals surface area contributed by atoms with E-state index in [0.717, 1.165) is 17.4 Å². The lowest BCUT2D eigenvalue weighted by atomic mass is 10.1. The van der Waals surface area contributed by atoms with E-state index in [1.165, 1.54) is 9.21 Å². The van der Waals surface area contributed by atoms with E-state index in [1.807, 2.05) is 45.0 Å². The molecule has 0 aliphatic rings. The van der Waals surface area contributed by atoms with Gasteiger partial charge < -0.3 is 15.0 Å². The first-order valence-corrected chi connectivity index (χ1v) is 14.3. The number of amides is 2. The van der Waals surface area contributed by atoms with E-state index in [4.69, 9.17) is 16.3 Å². The summed E-state index contributed by atoms with van der Waals surface area (Å²) < 4.78 is 31.7. The van der Waals surface area contributed by atoms with Crippen LogP contribution < -0.4 is 14.4 Å². The van der Waals surface area contributed by atoms with Gasteiger partial charge in [-0.3, -0.25) is 13.9 Å². The van der Waals surface area contributed by atoms with Gasteiger partial charge >= 0.3 is 0 Å². The number of aryl methyl sites for hydroxylation is 1. The van der Waals surface area contributed by atoms with Gasteiger partial charge in [0.1, 0.15) is 11.8 Å². The molecule has 0 radical (unpaired) electrons. The fourth-order valence-electron chi connectivity index (χ4n) is 3.86. The van der Waals surface area contributed by atoms with Crippen molar-refractivity contribution in [2.45, 2.75) is 65.6 Å². The number of carbonyl (C=O) groups is 2. The minimum Gasteiger partial charge on any atom is -0.497 e. The Labute approximate surface area is 226 Å². The summed E-state index contributed by atoms with van der Waals surface area (Å²) in [5.41, 5.74) is 1.60. The highest BCUT2D eigenvalue weighted by Gasteiger charge is 2.29. The normalized spacial score (nSPS) is 12.5. The Morgan fingerprint density at radius 2 is 1.81 bits per heavy atom. The largest absolute Gasteiger partial charge is 0.497 e. The second kappa shape index (κ2) is 12.6. The Kier molecular flexibility index (Phi) is 10.4. The van der Waals surface area contributed by atoms with Gasteiger partial charge in [-0.1, -0.05) is 29.8 Å². The third kappa shape index (κ3) is 9.23. The first-order valence-electron chi connectivity index (χ1n) is 12.1. The number of nitrogens with one attached hydrogen (secondary N) is 1. The number of anilines is 1. The van der Waals surface area contributed by atoms with Crippen LogP contribution in [0.5, 0.6) is 5.75 Å². The molecule has 2 rings (SSSR count). The zero-order valence-corrected chi connectivity index (χ0v) is 24.2. The predicted molar refractivity (Wildman–Crippen MR) is 149 cm³/mol. The van der Waals surface area contributed by atoms with Gasteiger partial charge in [-0.15, -0.1) is 0 Å². The van der Waals surface area contributed by atoms with Crippen LogP contribution in [-0.4, -0.2) is 56.6 Å². The number of halogens is 1. The van der Waals surface area contributed by atoms with Crippen LogP contribution in [0.15, 0.2) is 42.5 Å². The molecule has 1 atom stereocenters. The lowest BCUT2D eigenvalue weighted by Crippen LogP contribution is -2.52. The average molecular weight is 552 g/mol. The minimum absolute atomic E-state index is 0.0583. The second-order valence-electron chi connectivity index (χ2n) is 10.2. The van der Waals surface area contributed by atoms with Gasteiger partial charge in [0.25, 0.3) is 0 Å². The standard InChI is InChI=1S/C27H38ClN3O5S/c1-19-13-14-22(28)17-24(19)31(37(7,34)35)15-9-12-25(32)30(20(2)26(33)29-27(3,4)5)18-21-10-8-11-23(16-21)36-6/h8,10-11,13-14,16-17,20H,9,12,15,18H2,1-7H3,(H,29,33). The number of hydrogen-bond acceptors (Lipinski definition) is 5. The molecule has 0 heterocycles. The van der Waals surface area contributed by atoms with Crippen LogP contribution in [-0.2, 0) is 26.2 Å². The van der Waals surface area contributed by atoms with Crippen LogP contribution in [0.4, 0.5) is 5.69 Å². The van der Waals surface area contributed by atoms with Crippen molar-refractivity contribution in [3.05, 3.63) is 58.6 Å². The molecule has 0 bridgehead atoms. The number of methoxy groups -OCH3 is 1. The van der Waals surface area contributed by atoms with Crippen molar-refractivity contribution in [2.75, 3.05) is 24.2 Å². The Balaban J connectivity index is 2.24. The Morgan fingerprint density at radius 1 is 1.14 bits per heavy atom. The van der Waals surface area contributed by atoms with E-state index in [2.05, 4.69) is 5.32 Å². The summed E-state index contributed by atoms with van der Waals surface area (Å²) in [6, 6.07) is 11.6. The van der Waals surface area contributed by atoms with E-state index in [0.29, 0.717) is 16.5 Å². The van der Waals surface area contributed by atoms with E-state index in [9.17, 15) is 18.0 Å². The number of benzene rings is 2. The Bertz CT molecular complexity index is 1210. The second-order valence-corrected chi connectivity index (χ2v) is 12.5. The number of nitrogens with zero attached hydrogens (tertiary/aromatic N) is 2. The topological polar surface area (TPSA) is 96.0 Å². The zero-order valence-electron chi connectivity index (χ0n) is 22.7. The summed E-state index contributed by atoms with van der Waals surface area (Å²) >= 11 is 6.12. The van der Waals surface area contributed by atoms with Crippen LogP contribution >= 0.6 is 11.6 Å². The van der Waals surface area contributed by atoms with Crippen molar-refractivity contribution >= 4 is 39.1 Å². The maximum Gasteiger partial charge on any atom is 0.242 e. The molecule has 2 amide bonds. The molecule has 0 aromatic heterocycles. The number of carbonyl (C=O) groups excluding carboxylic acids is 2. The SMILES string of the molecule is COc1cccc(CN(C(=O)CCCN(c2cc(Cl)ccc2C)S(C)(=O)=O)C(C)C(=O)NC(C)(C)C)c1. The van der Waals surface area contributed by atoms with Crippen LogP contribution in [0, 0.1) is 6.92 Å². The molecule has 0 saturated carbocycles. The highest BCUT2D eigenvalue weighted by molar-refractivity contribution is 7.92. The molecule has 0 saturated heterocycles. The van der Waals surface area contributed by atoms with Gasteiger partial charge in [-0.05, 0) is 76.4 Å². The minimum atomic E-state index is -3.61. The van der Waals surface area contributed by atoms with Gasteiger partial charge in [0.15, 0.2) is 0 Å². The van der Waals surface area contributed by atoms with Gasteiger partial charge in [0.05, 0.1) is 19.1 Å². The molecule has 2 aromatic rings. The number of rotatable bonds is 11. The van der Waals surface area contributed by atoms with Crippen molar-refractivity contribution in [3.8, 4) is 5.75 Å². The lowest BCUT2D eigenvalue weighted by molar-refractivity contribution is -0.141. The summed E-state index contributed by atoms with van der Waals surface area (Å²) in [4.78, 5) is 27.9. The molecule has 1 N–H and O–H groups in total. The molecular weight excluding hydrogens is 514 g/mol. The molecule has 0 spiro atoms. The molecule has 2 aromatic carbocycles. The Hall–Kier alpha value is -2.78. The molecule has 0 aliphatic carbocycles. The van der Waals surface area contributed by atoms with Crippen LogP contribution in [0.2, 0.25) is 5.02 Å². The summed E-state index contributed by atoms with van der Waals surface area (Å²) in [5.74, 6) is 0.129. The molecule has 1 unspecified atom stereocenters. The molecule has 8 nitrogen and oxygen atoms in total. The van der Waals surface area contributed by atoms with Crippen molar-refractivity contribution in [1.29, 1.82) is 0 Å². The predicted octanol–water partition coefficient (Wildman–Crippen LogP) is 4.54. The van der Waals surface area contributed by atoms with Crippen molar-refractivity contribution < 1.29 is 22.7 Å². The van der Waals surface area contributed by atoms with E-state index < -0.39 is 21.6 Å². The molecule has 10 heteroatoms. The number of ether oxygens (including phenoxy) is 1. The Morgan fingerprint density at radius 3 is 2.41 bits per heavy atom. The zero-order chi connectivity index (χ0) is 28.0. The van der Waals surface area contributed by atoms with Gasteiger partial charge in [-0.2, -0.15) is 0 Å². The maximum absolute atomic E-state index is 13.4. The van der Waals surface area contributed by atoms with Crippen LogP contribution in [0.3, 0.4) is 0 Å². The molecule has 0 aliphatic heterocycles. The number of hydrogen-bond donors (Lipinski definition) is 1. The number of sulfonamides is 1. The third-order valence-corrected chi connectivity index (χ3v) is 7.16. The lowest BCUT2D eigenvalue weighted by Gasteiger charge is -2.32. The summed E-state index contributed by atoms with van der Waals surface area (Å²) in [6.07, 6.45) is 1.45. The molecule has 37 heavy (non-hydrogen) atoms. The summed E-state index contributed by atoms with van der Waals surface area (Å²) in [6.45, 7) is 9.44.